The highest BCUT2D eigenvalue weighted by Gasteiger charge is 2.65. The number of hydrogen-bond donors (Lipinski definition) is 4. The SMILES string of the molecule is CN1CC[C@@]23CCCC[C@@H]2[C@@H]1Cc1ccc(O)cc13.CN1CC[C@@]23CCCC[C@@H]2[C@@H]1Cc1ccc(O)cc13.CN1CC[C@]23c4c5ccc(O)c4O[C@H]2[C@@H](O)C=C[C@H]3[C@H]1C5.COc1ccc2c(c1)[C@@]13CCCC[C@H]1[C@@H](C2)N(C)CC3.COc1ccc2c(c1)[C@]13CCCC[C@@H]1[C@H](C2)N(C)CC3.COc1ccc2c(c1)[C@]13CCCC[C@@H]1[C@H](C2)N(C)CC3. The van der Waals surface area contributed by atoms with E-state index in [2.05, 4.69) is 157 Å². The Morgan fingerprint density at radius 2 is 0.622 bits per heavy atom. The van der Waals surface area contributed by atoms with Crippen LogP contribution in [0.4, 0.5) is 0 Å². The van der Waals surface area contributed by atoms with Crippen molar-refractivity contribution in [1.82, 2.24) is 29.4 Å². The van der Waals surface area contributed by atoms with Crippen LogP contribution in [-0.4, -0.2) is 201 Å². The molecule has 0 unspecified atom stereocenters. The molecule has 12 bridgehead atoms. The van der Waals surface area contributed by atoms with Crippen LogP contribution in [0.5, 0.6) is 40.2 Å². The molecular formula is C105H140N6O8. The molecule has 638 valence electrons. The third kappa shape index (κ3) is 13.0. The molecule has 14 nitrogen and oxygen atoms in total. The van der Waals surface area contributed by atoms with Gasteiger partial charge in [-0.15, -0.1) is 0 Å². The Hall–Kier alpha value is -6.62. The van der Waals surface area contributed by atoms with E-state index in [9.17, 15) is 20.4 Å². The van der Waals surface area contributed by atoms with Crippen molar-refractivity contribution in [3.63, 3.8) is 0 Å². The highest BCUT2D eigenvalue weighted by molar-refractivity contribution is 5.62. The van der Waals surface area contributed by atoms with Crippen molar-refractivity contribution in [2.24, 2.45) is 35.5 Å². The molecule has 20 atom stereocenters. The van der Waals surface area contributed by atoms with Gasteiger partial charge in [0.2, 0.25) is 0 Å². The molecular weight excluding hydrogens is 1470 g/mol. The van der Waals surface area contributed by atoms with Crippen LogP contribution in [0.15, 0.2) is 115 Å². The number of aromatic hydroxyl groups is 3. The summed E-state index contributed by atoms with van der Waals surface area (Å²) < 4.78 is 22.6. The zero-order valence-electron chi connectivity index (χ0n) is 73.5. The third-order valence-electron chi connectivity index (χ3n) is 37.3. The van der Waals surface area contributed by atoms with E-state index in [1.165, 1.54) is 259 Å². The van der Waals surface area contributed by atoms with E-state index < -0.39 is 6.10 Å². The van der Waals surface area contributed by atoms with Gasteiger partial charge in [0.05, 0.1) is 21.3 Å². The number of phenolic OH excluding ortho intramolecular Hbond substituents is 3. The van der Waals surface area contributed by atoms with Crippen molar-refractivity contribution < 1.29 is 39.4 Å². The molecule has 14 heteroatoms. The second-order valence-corrected chi connectivity index (χ2v) is 41.7. The summed E-state index contributed by atoms with van der Waals surface area (Å²) in [5, 5.41) is 40.5. The summed E-state index contributed by atoms with van der Waals surface area (Å²) in [4.78, 5) is 15.5. The molecule has 119 heavy (non-hydrogen) atoms. The molecule has 0 radical (unpaired) electrons. The number of piperidine rings is 6. The zero-order chi connectivity index (χ0) is 81.7. The first-order chi connectivity index (χ1) is 57.8. The van der Waals surface area contributed by atoms with Gasteiger partial charge in [0.15, 0.2) is 11.5 Å². The average Bonchev–Trinajstić information content (AvgIpc) is 1.52. The molecule has 7 aliphatic heterocycles. The first-order valence-corrected chi connectivity index (χ1v) is 47.5. The summed E-state index contributed by atoms with van der Waals surface area (Å²) in [6.45, 7) is 7.23. The van der Waals surface area contributed by atoms with Gasteiger partial charge in [0.1, 0.15) is 41.0 Å². The van der Waals surface area contributed by atoms with Gasteiger partial charge >= 0.3 is 0 Å². The second-order valence-electron chi connectivity index (χ2n) is 41.7. The molecule has 5 saturated carbocycles. The number of aliphatic hydroxyl groups excluding tert-OH is 1. The van der Waals surface area contributed by atoms with Crippen molar-refractivity contribution >= 4 is 0 Å². The van der Waals surface area contributed by atoms with Gasteiger partial charge in [-0.1, -0.05) is 113 Å². The summed E-state index contributed by atoms with van der Waals surface area (Å²) in [6.07, 6.45) is 45.7. The lowest BCUT2D eigenvalue weighted by atomic mass is 9.52. The third-order valence-corrected chi connectivity index (χ3v) is 37.3. The van der Waals surface area contributed by atoms with Crippen molar-refractivity contribution in [3.05, 3.63) is 182 Å². The maximum Gasteiger partial charge on any atom is 0.165 e. The summed E-state index contributed by atoms with van der Waals surface area (Å²) in [6, 6.07) is 40.7. The van der Waals surface area contributed by atoms with Crippen LogP contribution in [0.25, 0.3) is 0 Å². The maximum absolute atomic E-state index is 10.4. The molecule has 19 aliphatic rings. The van der Waals surface area contributed by atoms with E-state index in [4.69, 9.17) is 18.9 Å². The van der Waals surface area contributed by atoms with Crippen LogP contribution < -0.4 is 18.9 Å². The molecule has 1 spiro atoms. The number of likely N-dealkylation sites (N-methyl/N-ethyl adjacent to an activating group) is 6. The average molecular weight is 1610 g/mol. The van der Waals surface area contributed by atoms with Crippen LogP contribution in [-0.2, 0) is 71.0 Å². The Balaban J connectivity index is 0.0000000915. The van der Waals surface area contributed by atoms with Crippen molar-refractivity contribution in [1.29, 1.82) is 0 Å². The summed E-state index contributed by atoms with van der Waals surface area (Å²) >= 11 is 0. The number of ether oxygens (including phenoxy) is 4. The molecule has 12 aliphatic carbocycles. The lowest BCUT2D eigenvalue weighted by Crippen LogP contribution is -2.64. The number of phenols is 3. The number of fused-ring (bicyclic) bond motifs is 5. The molecule has 7 heterocycles. The van der Waals surface area contributed by atoms with Crippen molar-refractivity contribution in [3.8, 4) is 40.2 Å². The molecule has 6 saturated heterocycles. The standard InChI is InChI=1S/3C18H25NO.C17H19NO3.2C17H23NO/c3*1-19-10-9-18-8-4-3-5-15(18)17(19)11-13-6-7-14(20-2)12-16(13)18;1-18-7-6-17-10-3-5-13(20)16(17)21-15-12(19)4-2-9(14(15)17)8-11(10)18;2*1-18-9-8-17-7-3-2-4-14(17)16(18)10-12-5-6-13(19)11-15(12)17/h3*6-7,12,15,17H,3-5,8-11H2,1-2H3;2-5,10-11,13,16,19-20H,6-8H2,1H3;2*5-6,11,14,16,19H,2-4,7-10H2,1H3/t3*15-,17+,18+;10-,11+,13-,16-,17-;2*14-,16+,17+/m110011/s1. The van der Waals surface area contributed by atoms with Gasteiger partial charge in [-0.3, -0.25) is 0 Å². The number of aliphatic hydroxyl groups is 1. The summed E-state index contributed by atoms with van der Waals surface area (Å²) in [7, 11) is 19.2. The van der Waals surface area contributed by atoms with E-state index in [1.54, 1.807) is 60.8 Å². The van der Waals surface area contributed by atoms with Crippen LogP contribution in [0.1, 0.15) is 234 Å². The van der Waals surface area contributed by atoms with E-state index >= 15 is 0 Å². The van der Waals surface area contributed by atoms with E-state index in [1.807, 2.05) is 24.3 Å². The number of methoxy groups -OCH3 is 3. The van der Waals surface area contributed by atoms with E-state index in [0.29, 0.717) is 56.3 Å². The predicted octanol–water partition coefficient (Wildman–Crippen LogP) is 17.5. The first-order valence-electron chi connectivity index (χ1n) is 47.5. The molecule has 0 amide bonds. The van der Waals surface area contributed by atoms with Crippen LogP contribution in [0, 0.1) is 35.5 Å². The summed E-state index contributed by atoms with van der Waals surface area (Å²) in [5.74, 6) is 9.46. The minimum absolute atomic E-state index is 0.160. The van der Waals surface area contributed by atoms with Gasteiger partial charge in [-0.25, -0.2) is 0 Å². The van der Waals surface area contributed by atoms with Crippen LogP contribution in [0.3, 0.4) is 0 Å². The largest absolute Gasteiger partial charge is 0.508 e. The van der Waals surface area contributed by atoms with Crippen molar-refractivity contribution in [2.45, 2.75) is 286 Å². The van der Waals surface area contributed by atoms with Crippen molar-refractivity contribution in [2.75, 3.05) is 103 Å². The number of likely N-dealkylation sites (tertiary alicyclic amines) is 6. The lowest BCUT2D eigenvalue weighted by molar-refractivity contribution is -0.0453. The summed E-state index contributed by atoms with van der Waals surface area (Å²) in [5.41, 5.74) is 20.0. The maximum atomic E-state index is 10.4. The Labute approximate surface area is 711 Å². The zero-order valence-corrected chi connectivity index (χ0v) is 73.5. The first kappa shape index (κ1) is 80.8. The number of benzene rings is 6. The second kappa shape index (κ2) is 31.6. The Bertz CT molecular complexity index is 4470. The molecule has 0 aromatic heterocycles. The lowest BCUT2D eigenvalue weighted by Gasteiger charge is -2.58. The minimum atomic E-state index is -0.594. The van der Waals surface area contributed by atoms with Gasteiger partial charge in [0, 0.05) is 80.2 Å². The van der Waals surface area contributed by atoms with Crippen LogP contribution in [0.2, 0.25) is 0 Å². The highest BCUT2D eigenvalue weighted by Crippen LogP contribution is 2.65. The highest BCUT2D eigenvalue weighted by atomic mass is 16.5. The van der Waals surface area contributed by atoms with Gasteiger partial charge in [-0.05, 0) is 380 Å². The van der Waals surface area contributed by atoms with Gasteiger partial charge < -0.3 is 68.8 Å². The Morgan fingerprint density at radius 1 is 0.328 bits per heavy atom. The van der Waals surface area contributed by atoms with Gasteiger partial charge in [0.25, 0.3) is 0 Å². The molecule has 6 aromatic carbocycles. The van der Waals surface area contributed by atoms with E-state index in [0.717, 1.165) is 96.4 Å². The fraction of sp³-hybridized carbons (Fsp3) is 0.638. The van der Waals surface area contributed by atoms with Gasteiger partial charge in [-0.2, -0.15) is 0 Å². The minimum Gasteiger partial charge on any atom is -0.508 e. The van der Waals surface area contributed by atoms with E-state index in [-0.39, 0.29) is 17.3 Å². The Morgan fingerprint density at radius 3 is 0.958 bits per heavy atom. The molecule has 11 fully saturated rings. The number of rotatable bonds is 3. The van der Waals surface area contributed by atoms with Crippen LogP contribution >= 0.6 is 0 Å². The quantitative estimate of drug-likeness (QED) is 0.125. The Kier molecular flexibility index (Phi) is 21.4. The molecule has 6 aromatic rings. The fourth-order valence-corrected chi connectivity index (χ4v) is 31.5. The smallest absolute Gasteiger partial charge is 0.165 e. The number of nitrogens with zero attached hydrogens (tertiary/aromatic N) is 6. The monoisotopic (exact) mass is 1610 g/mol. The molecule has 25 rings (SSSR count). The topological polar surface area (TPSA) is 137 Å². The normalized spacial score (nSPS) is 37.7. The predicted molar refractivity (Wildman–Crippen MR) is 475 cm³/mol. The fourth-order valence-electron chi connectivity index (χ4n) is 31.5. The molecule has 4 N–H and O–H groups in total. The number of hydrogen-bond acceptors (Lipinski definition) is 14.